The van der Waals surface area contributed by atoms with Gasteiger partial charge in [-0.1, -0.05) is 31.2 Å². The summed E-state index contributed by atoms with van der Waals surface area (Å²) < 4.78 is 33.5. The predicted octanol–water partition coefficient (Wildman–Crippen LogP) is 4.43. The highest BCUT2D eigenvalue weighted by Gasteiger charge is 2.16. The molecule has 0 saturated heterocycles. The summed E-state index contributed by atoms with van der Waals surface area (Å²) >= 11 is 0. The van der Waals surface area contributed by atoms with E-state index in [1.807, 2.05) is 19.1 Å². The molecule has 0 unspecified atom stereocenters. The van der Waals surface area contributed by atoms with Gasteiger partial charge in [-0.25, -0.2) is 4.79 Å². The van der Waals surface area contributed by atoms with Crippen LogP contribution in [0.1, 0.15) is 25.0 Å². The topological polar surface area (TPSA) is 64.6 Å². The smallest absolute Gasteiger partial charge is 0.387 e. The second-order valence-electron chi connectivity index (χ2n) is 5.90. The normalized spacial score (nSPS) is 12.0. The van der Waals surface area contributed by atoms with Crippen molar-refractivity contribution in [1.82, 2.24) is 0 Å². The summed E-state index contributed by atoms with van der Waals surface area (Å²) in [6.07, 6.45) is 2.52. The molecular weight excluding hydrogens is 368 g/mol. The Kier molecular flexibility index (Phi) is 7.68. The summed E-state index contributed by atoms with van der Waals surface area (Å²) in [5.41, 5.74) is 2.36. The molecule has 0 aliphatic rings. The molecule has 0 spiro atoms. The van der Waals surface area contributed by atoms with Crippen LogP contribution in [0.15, 0.2) is 54.6 Å². The monoisotopic (exact) mass is 389 g/mol. The molecule has 2 aromatic carbocycles. The molecule has 2 aromatic rings. The standard InChI is InChI=1S/C21H21F2NO4/c1-3-15-4-9-17(10-5-15)24-20(26)14(2)27-19(25)13-8-16-6-11-18(12-7-16)28-21(22)23/h4-14,21H,3H2,1-2H3,(H,24,26)/b13-8+/t14-/m0/s1. The Labute approximate surface area is 162 Å². The molecule has 0 aromatic heterocycles. The maximum absolute atomic E-state index is 12.1. The first kappa shape index (κ1) is 21.1. The van der Waals surface area contributed by atoms with Crippen LogP contribution < -0.4 is 10.1 Å². The van der Waals surface area contributed by atoms with Crippen LogP contribution >= 0.6 is 0 Å². The van der Waals surface area contributed by atoms with Crippen LogP contribution in [-0.4, -0.2) is 24.6 Å². The third kappa shape index (κ3) is 6.83. The fourth-order valence-electron chi connectivity index (χ4n) is 2.26. The molecule has 0 saturated carbocycles. The lowest BCUT2D eigenvalue weighted by molar-refractivity contribution is -0.148. The van der Waals surface area contributed by atoms with Crippen LogP contribution in [0.4, 0.5) is 14.5 Å². The number of halogens is 2. The Hall–Kier alpha value is -3.22. The molecule has 1 N–H and O–H groups in total. The van der Waals surface area contributed by atoms with Crippen molar-refractivity contribution in [3.63, 3.8) is 0 Å². The van der Waals surface area contributed by atoms with E-state index in [1.54, 1.807) is 12.1 Å². The molecule has 1 atom stereocenters. The zero-order valence-electron chi connectivity index (χ0n) is 15.5. The molecule has 2 rings (SSSR count). The minimum atomic E-state index is -2.89. The third-order valence-electron chi connectivity index (χ3n) is 3.81. The Bertz CT molecular complexity index is 817. The van der Waals surface area contributed by atoms with E-state index in [0.29, 0.717) is 11.3 Å². The van der Waals surface area contributed by atoms with Crippen LogP contribution in [-0.2, 0) is 20.7 Å². The molecule has 0 aliphatic heterocycles. The Morgan fingerprint density at radius 2 is 1.71 bits per heavy atom. The highest BCUT2D eigenvalue weighted by Crippen LogP contribution is 2.16. The van der Waals surface area contributed by atoms with Gasteiger partial charge in [-0.05, 0) is 54.8 Å². The van der Waals surface area contributed by atoms with Crippen LogP contribution in [0.2, 0.25) is 0 Å². The number of alkyl halides is 2. The van der Waals surface area contributed by atoms with Crippen molar-refractivity contribution < 1.29 is 27.8 Å². The summed E-state index contributed by atoms with van der Waals surface area (Å²) in [6.45, 7) is 0.611. The number of carbonyl (C=O) groups excluding carboxylic acids is 2. The van der Waals surface area contributed by atoms with E-state index in [1.165, 1.54) is 37.3 Å². The summed E-state index contributed by atoms with van der Waals surface area (Å²) in [7, 11) is 0. The lowest BCUT2D eigenvalue weighted by Gasteiger charge is -2.12. The first-order chi connectivity index (χ1) is 13.4. The predicted molar refractivity (Wildman–Crippen MR) is 102 cm³/mol. The van der Waals surface area contributed by atoms with E-state index in [9.17, 15) is 18.4 Å². The van der Waals surface area contributed by atoms with Crippen LogP contribution in [0.3, 0.4) is 0 Å². The zero-order valence-corrected chi connectivity index (χ0v) is 15.5. The molecule has 0 aliphatic carbocycles. The van der Waals surface area contributed by atoms with Crippen LogP contribution in [0, 0.1) is 0 Å². The van der Waals surface area contributed by atoms with Crippen LogP contribution in [0.5, 0.6) is 5.75 Å². The SMILES string of the molecule is CCc1ccc(NC(=O)[C@H](C)OC(=O)/C=C/c2ccc(OC(F)F)cc2)cc1. The average Bonchev–Trinajstić information content (AvgIpc) is 2.67. The number of benzene rings is 2. The van der Waals surface area contributed by atoms with Gasteiger partial charge in [0.2, 0.25) is 0 Å². The van der Waals surface area contributed by atoms with Gasteiger partial charge in [0, 0.05) is 11.8 Å². The lowest BCUT2D eigenvalue weighted by atomic mass is 10.1. The van der Waals surface area contributed by atoms with Crippen molar-refractivity contribution in [3.05, 3.63) is 65.7 Å². The Balaban J connectivity index is 1.85. The number of aryl methyl sites for hydroxylation is 1. The number of carbonyl (C=O) groups is 2. The van der Waals surface area contributed by atoms with Crippen molar-refractivity contribution in [2.45, 2.75) is 33.0 Å². The summed E-state index contributed by atoms with van der Waals surface area (Å²) in [6, 6.07) is 13.1. The number of amides is 1. The van der Waals surface area contributed by atoms with E-state index in [0.717, 1.165) is 18.1 Å². The molecular formula is C21H21F2NO4. The highest BCUT2D eigenvalue weighted by molar-refractivity contribution is 5.96. The van der Waals surface area contributed by atoms with Gasteiger partial charge >= 0.3 is 12.6 Å². The molecule has 0 heterocycles. The fraction of sp³-hybridized carbons (Fsp3) is 0.238. The maximum atomic E-state index is 12.1. The molecule has 28 heavy (non-hydrogen) atoms. The van der Waals surface area contributed by atoms with Gasteiger partial charge < -0.3 is 14.8 Å². The molecule has 5 nitrogen and oxygen atoms in total. The van der Waals surface area contributed by atoms with Crippen molar-refractivity contribution >= 4 is 23.6 Å². The number of anilines is 1. The molecule has 0 bridgehead atoms. The Morgan fingerprint density at radius 1 is 1.07 bits per heavy atom. The van der Waals surface area contributed by atoms with E-state index < -0.39 is 24.6 Å². The molecule has 7 heteroatoms. The fourth-order valence-corrected chi connectivity index (χ4v) is 2.26. The van der Waals surface area contributed by atoms with Gasteiger partial charge in [-0.15, -0.1) is 0 Å². The van der Waals surface area contributed by atoms with E-state index in [2.05, 4.69) is 10.1 Å². The van der Waals surface area contributed by atoms with Gasteiger partial charge in [-0.3, -0.25) is 4.79 Å². The number of hydrogen-bond acceptors (Lipinski definition) is 4. The second kappa shape index (κ2) is 10.2. The van der Waals surface area contributed by atoms with Gasteiger partial charge in [-0.2, -0.15) is 8.78 Å². The lowest BCUT2D eigenvalue weighted by Crippen LogP contribution is -2.29. The van der Waals surface area contributed by atoms with Gasteiger partial charge in [0.1, 0.15) is 5.75 Å². The first-order valence-corrected chi connectivity index (χ1v) is 8.70. The number of esters is 1. The third-order valence-corrected chi connectivity index (χ3v) is 3.81. The molecule has 148 valence electrons. The van der Waals surface area contributed by atoms with E-state index in [-0.39, 0.29) is 5.75 Å². The summed E-state index contributed by atoms with van der Waals surface area (Å²) in [5, 5.41) is 2.68. The zero-order chi connectivity index (χ0) is 20.5. The van der Waals surface area contributed by atoms with E-state index in [4.69, 9.17) is 4.74 Å². The van der Waals surface area contributed by atoms with Crippen LogP contribution in [0.25, 0.3) is 6.08 Å². The molecule has 0 fully saturated rings. The van der Waals surface area contributed by atoms with E-state index >= 15 is 0 Å². The minimum Gasteiger partial charge on any atom is -0.449 e. The largest absolute Gasteiger partial charge is 0.449 e. The van der Waals surface area contributed by atoms with Gasteiger partial charge in [0.15, 0.2) is 6.10 Å². The van der Waals surface area contributed by atoms with Crippen molar-refractivity contribution in [2.24, 2.45) is 0 Å². The summed E-state index contributed by atoms with van der Waals surface area (Å²) in [5.74, 6) is -1.12. The number of rotatable bonds is 8. The molecule has 1 amide bonds. The second-order valence-corrected chi connectivity index (χ2v) is 5.90. The Morgan fingerprint density at radius 3 is 2.29 bits per heavy atom. The van der Waals surface area contributed by atoms with Gasteiger partial charge in [0.05, 0.1) is 0 Å². The first-order valence-electron chi connectivity index (χ1n) is 8.70. The quantitative estimate of drug-likeness (QED) is 0.536. The van der Waals surface area contributed by atoms with Crippen molar-refractivity contribution in [3.8, 4) is 5.75 Å². The average molecular weight is 389 g/mol. The van der Waals surface area contributed by atoms with Gasteiger partial charge in [0.25, 0.3) is 5.91 Å². The number of nitrogens with one attached hydrogen (secondary N) is 1. The van der Waals surface area contributed by atoms with Crippen molar-refractivity contribution in [2.75, 3.05) is 5.32 Å². The molecule has 0 radical (unpaired) electrons. The van der Waals surface area contributed by atoms with Crippen molar-refractivity contribution in [1.29, 1.82) is 0 Å². The highest BCUT2D eigenvalue weighted by atomic mass is 19.3. The minimum absolute atomic E-state index is 0.0204. The number of ether oxygens (including phenoxy) is 2. The number of hydrogen-bond donors (Lipinski definition) is 1. The maximum Gasteiger partial charge on any atom is 0.387 e. The summed E-state index contributed by atoms with van der Waals surface area (Å²) in [4.78, 5) is 24.0.